The molecule has 3 rings (SSSR count). The van der Waals surface area contributed by atoms with Crippen molar-refractivity contribution in [2.45, 2.75) is 0 Å². The Labute approximate surface area is 171 Å². The Balaban J connectivity index is 1.94. The highest BCUT2D eigenvalue weighted by molar-refractivity contribution is 6.31. The zero-order valence-corrected chi connectivity index (χ0v) is 16.3. The van der Waals surface area contributed by atoms with Crippen molar-refractivity contribution in [1.29, 1.82) is 0 Å². The fourth-order valence-corrected chi connectivity index (χ4v) is 3.14. The summed E-state index contributed by atoms with van der Waals surface area (Å²) in [6, 6.07) is 8.50. The molecular formula is C19H18ClN3O6. The fourth-order valence-electron chi connectivity index (χ4n) is 2.97. The third-order valence-electron chi connectivity index (χ3n) is 4.37. The van der Waals surface area contributed by atoms with E-state index in [2.05, 4.69) is 10.1 Å². The van der Waals surface area contributed by atoms with Crippen molar-refractivity contribution in [3.8, 4) is 0 Å². The highest BCUT2D eigenvalue weighted by Gasteiger charge is 2.21. The molecule has 2 aromatic carbocycles. The molecule has 0 atom stereocenters. The van der Waals surface area contributed by atoms with E-state index in [9.17, 15) is 19.7 Å². The van der Waals surface area contributed by atoms with Crippen LogP contribution in [-0.2, 0) is 9.47 Å². The van der Waals surface area contributed by atoms with E-state index in [4.69, 9.17) is 16.3 Å². The standard InChI is InChI=1S/C19H18ClN3O6/c1-28-19(25)13-8-12(9-15(10-13)23(26)27)18(24)21-16-11-14(20)2-3-17(16)22-4-6-29-7-5-22/h2-3,8-11H,4-7H2,1H3,(H,21,24). The SMILES string of the molecule is COC(=O)c1cc(C(=O)Nc2cc(Cl)ccc2N2CCOCC2)cc([N+](=O)[O-])c1. The topological polar surface area (TPSA) is 111 Å². The lowest BCUT2D eigenvalue weighted by Gasteiger charge is -2.30. The molecule has 1 amide bonds. The average molecular weight is 420 g/mol. The van der Waals surface area contributed by atoms with E-state index >= 15 is 0 Å². The number of ether oxygens (including phenoxy) is 2. The number of methoxy groups -OCH3 is 1. The van der Waals surface area contributed by atoms with Crippen molar-refractivity contribution >= 4 is 40.5 Å². The molecule has 152 valence electrons. The highest BCUT2D eigenvalue weighted by Crippen LogP contribution is 2.30. The zero-order valence-electron chi connectivity index (χ0n) is 15.5. The van der Waals surface area contributed by atoms with Gasteiger partial charge in [0.25, 0.3) is 11.6 Å². The van der Waals surface area contributed by atoms with Crippen LogP contribution in [0.3, 0.4) is 0 Å². The number of non-ortho nitro benzene ring substituents is 1. The van der Waals surface area contributed by atoms with Gasteiger partial charge in [-0.3, -0.25) is 14.9 Å². The normalized spacial score (nSPS) is 13.7. The second kappa shape index (κ2) is 8.89. The molecule has 0 saturated carbocycles. The summed E-state index contributed by atoms with van der Waals surface area (Å²) in [5.41, 5.74) is 0.677. The summed E-state index contributed by atoms with van der Waals surface area (Å²) in [6.45, 7) is 2.41. The van der Waals surface area contributed by atoms with Crippen LogP contribution in [0.4, 0.5) is 17.1 Å². The zero-order chi connectivity index (χ0) is 21.0. The molecule has 0 aromatic heterocycles. The van der Waals surface area contributed by atoms with Crippen molar-refractivity contribution in [2.75, 3.05) is 43.6 Å². The van der Waals surface area contributed by atoms with Crippen LogP contribution in [0, 0.1) is 10.1 Å². The highest BCUT2D eigenvalue weighted by atomic mass is 35.5. The minimum absolute atomic E-state index is 0.0486. The summed E-state index contributed by atoms with van der Waals surface area (Å²) in [4.78, 5) is 37.2. The molecule has 9 nitrogen and oxygen atoms in total. The first-order chi connectivity index (χ1) is 13.9. The van der Waals surface area contributed by atoms with E-state index in [0.717, 1.165) is 24.9 Å². The lowest BCUT2D eigenvalue weighted by Crippen LogP contribution is -2.36. The van der Waals surface area contributed by atoms with Crippen LogP contribution in [0.1, 0.15) is 20.7 Å². The molecular weight excluding hydrogens is 402 g/mol. The maximum atomic E-state index is 12.8. The van der Waals surface area contributed by atoms with Gasteiger partial charge < -0.3 is 19.7 Å². The number of hydrogen-bond donors (Lipinski definition) is 1. The molecule has 0 bridgehead atoms. The molecule has 1 aliphatic heterocycles. The van der Waals surface area contributed by atoms with E-state index in [0.29, 0.717) is 37.0 Å². The van der Waals surface area contributed by atoms with Gasteiger partial charge in [0.2, 0.25) is 0 Å². The number of nitro benzene ring substituents is 1. The quantitative estimate of drug-likeness (QED) is 0.450. The van der Waals surface area contributed by atoms with Gasteiger partial charge >= 0.3 is 5.97 Å². The van der Waals surface area contributed by atoms with E-state index in [1.54, 1.807) is 18.2 Å². The van der Waals surface area contributed by atoms with Gasteiger partial charge in [0.1, 0.15) is 0 Å². The van der Waals surface area contributed by atoms with Crippen LogP contribution in [0.25, 0.3) is 0 Å². The third-order valence-corrected chi connectivity index (χ3v) is 4.61. The van der Waals surface area contributed by atoms with Crippen LogP contribution in [0.2, 0.25) is 5.02 Å². The molecule has 1 saturated heterocycles. The summed E-state index contributed by atoms with van der Waals surface area (Å²) in [5, 5.41) is 14.3. The van der Waals surface area contributed by atoms with Crippen molar-refractivity contribution in [3.05, 3.63) is 62.7 Å². The Morgan fingerprint density at radius 3 is 2.52 bits per heavy atom. The van der Waals surface area contributed by atoms with Gasteiger partial charge in [0.15, 0.2) is 0 Å². The number of carbonyl (C=O) groups excluding carboxylic acids is 2. The average Bonchev–Trinajstić information content (AvgIpc) is 2.73. The summed E-state index contributed by atoms with van der Waals surface area (Å²) in [6.07, 6.45) is 0. The molecule has 10 heteroatoms. The van der Waals surface area contributed by atoms with Crippen LogP contribution in [0.15, 0.2) is 36.4 Å². The largest absolute Gasteiger partial charge is 0.465 e. The summed E-state index contributed by atoms with van der Waals surface area (Å²) in [5.74, 6) is -1.39. The molecule has 1 fully saturated rings. The summed E-state index contributed by atoms with van der Waals surface area (Å²) < 4.78 is 9.96. The Kier molecular flexibility index (Phi) is 6.30. The number of nitro groups is 1. The Bertz CT molecular complexity index is 959. The lowest BCUT2D eigenvalue weighted by molar-refractivity contribution is -0.384. The number of rotatable bonds is 5. The number of benzene rings is 2. The molecule has 2 aromatic rings. The molecule has 29 heavy (non-hydrogen) atoms. The Hall–Kier alpha value is -3.17. The lowest BCUT2D eigenvalue weighted by atomic mass is 10.1. The van der Waals surface area contributed by atoms with Crippen molar-refractivity contribution in [1.82, 2.24) is 0 Å². The van der Waals surface area contributed by atoms with Crippen molar-refractivity contribution < 1.29 is 24.0 Å². The van der Waals surface area contributed by atoms with Crippen LogP contribution in [0.5, 0.6) is 0 Å². The number of morpholine rings is 1. The molecule has 1 heterocycles. The van der Waals surface area contributed by atoms with E-state index in [-0.39, 0.29) is 11.1 Å². The molecule has 0 radical (unpaired) electrons. The number of carbonyl (C=O) groups is 2. The molecule has 0 unspecified atom stereocenters. The van der Waals surface area contributed by atoms with Crippen LogP contribution in [-0.4, -0.2) is 50.2 Å². The number of nitrogens with one attached hydrogen (secondary N) is 1. The van der Waals surface area contributed by atoms with Crippen molar-refractivity contribution in [3.63, 3.8) is 0 Å². The predicted molar refractivity (Wildman–Crippen MR) is 107 cm³/mol. The number of nitrogens with zero attached hydrogens (tertiary/aromatic N) is 2. The predicted octanol–water partition coefficient (Wildman–Crippen LogP) is 3.12. The third kappa shape index (κ3) is 4.82. The van der Waals surface area contributed by atoms with Gasteiger partial charge in [0.05, 0.1) is 42.2 Å². The van der Waals surface area contributed by atoms with Crippen LogP contribution >= 0.6 is 11.6 Å². The fraction of sp³-hybridized carbons (Fsp3) is 0.263. The Morgan fingerprint density at radius 1 is 1.17 bits per heavy atom. The second-order valence-electron chi connectivity index (χ2n) is 6.23. The second-order valence-corrected chi connectivity index (χ2v) is 6.67. The van der Waals surface area contributed by atoms with Gasteiger partial charge in [-0.2, -0.15) is 0 Å². The number of halogens is 1. The van der Waals surface area contributed by atoms with Gasteiger partial charge in [-0.1, -0.05) is 11.6 Å². The Morgan fingerprint density at radius 2 is 1.86 bits per heavy atom. The maximum absolute atomic E-state index is 12.8. The molecule has 0 spiro atoms. The van der Waals surface area contributed by atoms with Crippen molar-refractivity contribution in [2.24, 2.45) is 0 Å². The van der Waals surface area contributed by atoms with E-state index in [1.807, 2.05) is 4.90 Å². The first kappa shape index (κ1) is 20.6. The van der Waals surface area contributed by atoms with Gasteiger partial charge in [-0.25, -0.2) is 4.79 Å². The summed E-state index contributed by atoms with van der Waals surface area (Å²) >= 11 is 6.09. The first-order valence-corrected chi connectivity index (χ1v) is 9.08. The number of esters is 1. The minimum atomic E-state index is -0.778. The number of amides is 1. The minimum Gasteiger partial charge on any atom is -0.465 e. The monoisotopic (exact) mass is 419 g/mol. The maximum Gasteiger partial charge on any atom is 0.338 e. The van der Waals surface area contributed by atoms with E-state index < -0.39 is 22.5 Å². The van der Waals surface area contributed by atoms with Crippen LogP contribution < -0.4 is 10.2 Å². The van der Waals surface area contributed by atoms with Gasteiger partial charge in [-0.15, -0.1) is 0 Å². The smallest absolute Gasteiger partial charge is 0.338 e. The number of anilines is 2. The first-order valence-electron chi connectivity index (χ1n) is 8.70. The molecule has 1 aliphatic rings. The molecule has 0 aliphatic carbocycles. The molecule has 1 N–H and O–H groups in total. The number of hydrogen-bond acceptors (Lipinski definition) is 7. The van der Waals surface area contributed by atoms with E-state index in [1.165, 1.54) is 6.07 Å². The van der Waals surface area contributed by atoms with Gasteiger partial charge in [-0.05, 0) is 24.3 Å². The van der Waals surface area contributed by atoms with Gasteiger partial charge in [0, 0.05) is 35.8 Å². The summed E-state index contributed by atoms with van der Waals surface area (Å²) in [7, 11) is 1.15.